The van der Waals surface area contributed by atoms with Crippen molar-refractivity contribution in [1.29, 1.82) is 0 Å². The third-order valence-electron chi connectivity index (χ3n) is 5.24. The van der Waals surface area contributed by atoms with Gasteiger partial charge in [-0.25, -0.2) is 0 Å². The van der Waals surface area contributed by atoms with Gasteiger partial charge in [0.2, 0.25) is 0 Å². The number of aromatic nitrogens is 4. The Kier molecular flexibility index (Phi) is 4.77. The number of benzene rings is 1. The first-order valence-corrected chi connectivity index (χ1v) is 9.43. The number of likely N-dealkylation sites (tertiary alicyclic amines) is 1. The van der Waals surface area contributed by atoms with Crippen LogP contribution in [0.15, 0.2) is 30.3 Å². The first kappa shape index (κ1) is 18.4. The molecule has 146 valence electrons. The fourth-order valence-electron chi connectivity index (χ4n) is 3.89. The van der Waals surface area contributed by atoms with Crippen LogP contribution in [0.3, 0.4) is 0 Å². The molecule has 3 aromatic rings. The second-order valence-corrected chi connectivity index (χ2v) is 7.42. The van der Waals surface area contributed by atoms with Crippen molar-refractivity contribution in [2.75, 3.05) is 20.2 Å². The van der Waals surface area contributed by atoms with Crippen LogP contribution in [0.25, 0.3) is 11.1 Å². The SMILES string of the molecule is COCc1n[nH]c(C)c1-c1cccc(C(=O)N2CC(n3nc(C)cc3C)C2)c1. The lowest BCUT2D eigenvalue weighted by Gasteiger charge is -2.39. The van der Waals surface area contributed by atoms with Crippen LogP contribution in [-0.2, 0) is 11.3 Å². The number of rotatable bonds is 5. The van der Waals surface area contributed by atoms with Crippen LogP contribution in [-0.4, -0.2) is 51.0 Å². The highest BCUT2D eigenvalue weighted by molar-refractivity contribution is 5.96. The molecule has 4 rings (SSSR count). The van der Waals surface area contributed by atoms with Crippen molar-refractivity contribution in [1.82, 2.24) is 24.9 Å². The van der Waals surface area contributed by atoms with E-state index in [1.165, 1.54) is 0 Å². The molecule has 2 aromatic heterocycles. The zero-order chi connectivity index (χ0) is 19.8. The van der Waals surface area contributed by atoms with Crippen LogP contribution in [0, 0.1) is 20.8 Å². The van der Waals surface area contributed by atoms with Gasteiger partial charge in [-0.2, -0.15) is 10.2 Å². The predicted molar refractivity (Wildman–Crippen MR) is 106 cm³/mol. The Hall–Kier alpha value is -2.93. The Bertz CT molecular complexity index is 1010. The molecule has 0 radical (unpaired) electrons. The van der Waals surface area contributed by atoms with E-state index in [4.69, 9.17) is 4.74 Å². The summed E-state index contributed by atoms with van der Waals surface area (Å²) in [6.45, 7) is 7.82. The average Bonchev–Trinajstić information content (AvgIpc) is 3.16. The number of methoxy groups -OCH3 is 1. The lowest BCUT2D eigenvalue weighted by Crippen LogP contribution is -2.51. The van der Waals surface area contributed by atoms with E-state index < -0.39 is 0 Å². The van der Waals surface area contributed by atoms with Gasteiger partial charge in [0.05, 0.1) is 24.0 Å². The monoisotopic (exact) mass is 379 g/mol. The van der Waals surface area contributed by atoms with Crippen LogP contribution in [0.4, 0.5) is 0 Å². The van der Waals surface area contributed by atoms with E-state index in [1.807, 2.05) is 47.7 Å². The summed E-state index contributed by atoms with van der Waals surface area (Å²) in [6, 6.07) is 10.1. The van der Waals surface area contributed by atoms with Crippen molar-refractivity contribution >= 4 is 5.91 Å². The smallest absolute Gasteiger partial charge is 0.254 e. The summed E-state index contributed by atoms with van der Waals surface area (Å²) in [4.78, 5) is 14.8. The molecule has 7 nitrogen and oxygen atoms in total. The average molecular weight is 379 g/mol. The minimum Gasteiger partial charge on any atom is -0.378 e. The first-order chi connectivity index (χ1) is 13.5. The zero-order valence-corrected chi connectivity index (χ0v) is 16.7. The maximum absolute atomic E-state index is 13.0. The number of nitrogens with one attached hydrogen (secondary N) is 1. The molecular weight excluding hydrogens is 354 g/mol. The molecule has 1 aliphatic rings. The summed E-state index contributed by atoms with van der Waals surface area (Å²) in [6.07, 6.45) is 0. The molecule has 0 unspecified atom stereocenters. The number of aryl methyl sites for hydroxylation is 3. The van der Waals surface area contributed by atoms with Crippen molar-refractivity contribution in [3.8, 4) is 11.1 Å². The largest absolute Gasteiger partial charge is 0.378 e. The van der Waals surface area contributed by atoms with E-state index in [2.05, 4.69) is 28.3 Å². The highest BCUT2D eigenvalue weighted by Gasteiger charge is 2.33. The van der Waals surface area contributed by atoms with Gasteiger partial charge in [-0.15, -0.1) is 0 Å². The van der Waals surface area contributed by atoms with E-state index in [1.54, 1.807) is 7.11 Å². The van der Waals surface area contributed by atoms with Crippen molar-refractivity contribution in [2.45, 2.75) is 33.4 Å². The minimum atomic E-state index is 0.0501. The van der Waals surface area contributed by atoms with E-state index in [0.717, 1.165) is 33.9 Å². The number of hydrogen-bond donors (Lipinski definition) is 1. The van der Waals surface area contributed by atoms with Crippen molar-refractivity contribution in [3.05, 3.63) is 58.7 Å². The number of H-pyrrole nitrogens is 1. The lowest BCUT2D eigenvalue weighted by atomic mass is 9.99. The highest BCUT2D eigenvalue weighted by Crippen LogP contribution is 2.29. The maximum atomic E-state index is 13.0. The van der Waals surface area contributed by atoms with E-state index >= 15 is 0 Å². The second-order valence-electron chi connectivity index (χ2n) is 7.42. The summed E-state index contributed by atoms with van der Waals surface area (Å²) < 4.78 is 7.27. The van der Waals surface area contributed by atoms with Crippen LogP contribution in [0.2, 0.25) is 0 Å². The first-order valence-electron chi connectivity index (χ1n) is 9.43. The van der Waals surface area contributed by atoms with Crippen LogP contribution >= 0.6 is 0 Å². The van der Waals surface area contributed by atoms with Crippen LogP contribution < -0.4 is 0 Å². The summed E-state index contributed by atoms with van der Waals surface area (Å²) in [5, 5.41) is 11.9. The third kappa shape index (κ3) is 3.22. The minimum absolute atomic E-state index is 0.0501. The van der Waals surface area contributed by atoms with Gasteiger partial charge in [-0.3, -0.25) is 14.6 Å². The predicted octanol–water partition coefficient (Wildman–Crippen LogP) is 3.04. The second kappa shape index (κ2) is 7.24. The Morgan fingerprint density at radius 3 is 2.71 bits per heavy atom. The number of carbonyl (C=O) groups excluding carboxylic acids is 1. The molecule has 7 heteroatoms. The Morgan fingerprint density at radius 2 is 2.04 bits per heavy atom. The van der Waals surface area contributed by atoms with Crippen LogP contribution in [0.5, 0.6) is 0 Å². The molecule has 1 aliphatic heterocycles. The lowest BCUT2D eigenvalue weighted by molar-refractivity contribution is 0.0497. The topological polar surface area (TPSA) is 76.0 Å². The Morgan fingerprint density at radius 1 is 1.25 bits per heavy atom. The zero-order valence-electron chi connectivity index (χ0n) is 16.7. The standard InChI is InChI=1S/C21H25N5O2/c1-13-8-14(2)26(24-13)18-10-25(11-18)21(27)17-7-5-6-16(9-17)20-15(3)22-23-19(20)12-28-4/h5-9,18H,10-12H2,1-4H3,(H,22,23). The summed E-state index contributed by atoms with van der Waals surface area (Å²) in [5.74, 6) is 0.0501. The summed E-state index contributed by atoms with van der Waals surface area (Å²) in [5.41, 5.74) is 6.62. The number of nitrogens with zero attached hydrogens (tertiary/aromatic N) is 4. The molecule has 1 saturated heterocycles. The van der Waals surface area contributed by atoms with E-state index in [-0.39, 0.29) is 11.9 Å². The maximum Gasteiger partial charge on any atom is 0.254 e. The fraction of sp³-hybridized carbons (Fsp3) is 0.381. The fourth-order valence-corrected chi connectivity index (χ4v) is 3.89. The number of aromatic amines is 1. The van der Waals surface area contributed by atoms with Gasteiger partial charge >= 0.3 is 0 Å². The highest BCUT2D eigenvalue weighted by atomic mass is 16.5. The van der Waals surface area contributed by atoms with Gasteiger partial charge in [0.15, 0.2) is 0 Å². The van der Waals surface area contributed by atoms with Gasteiger partial charge in [-0.05, 0) is 44.5 Å². The Labute approximate surface area is 164 Å². The molecule has 0 saturated carbocycles. The summed E-state index contributed by atoms with van der Waals surface area (Å²) in [7, 11) is 1.65. The number of carbonyl (C=O) groups is 1. The number of amides is 1. The molecule has 0 bridgehead atoms. The van der Waals surface area contributed by atoms with Gasteiger partial charge < -0.3 is 9.64 Å². The molecule has 1 N–H and O–H groups in total. The number of hydrogen-bond acceptors (Lipinski definition) is 4. The van der Waals surface area contributed by atoms with Crippen molar-refractivity contribution < 1.29 is 9.53 Å². The van der Waals surface area contributed by atoms with Crippen molar-refractivity contribution in [3.63, 3.8) is 0 Å². The van der Waals surface area contributed by atoms with Gasteiger partial charge in [-0.1, -0.05) is 12.1 Å². The molecule has 28 heavy (non-hydrogen) atoms. The molecule has 0 spiro atoms. The number of ether oxygens (including phenoxy) is 1. The van der Waals surface area contributed by atoms with E-state index in [9.17, 15) is 4.79 Å². The molecule has 0 atom stereocenters. The van der Waals surface area contributed by atoms with Crippen molar-refractivity contribution in [2.24, 2.45) is 0 Å². The summed E-state index contributed by atoms with van der Waals surface area (Å²) >= 11 is 0. The van der Waals surface area contributed by atoms with E-state index in [0.29, 0.717) is 25.3 Å². The molecule has 0 aliphatic carbocycles. The quantitative estimate of drug-likeness (QED) is 0.739. The normalized spacial score (nSPS) is 14.4. The third-order valence-corrected chi connectivity index (χ3v) is 5.24. The molecular formula is C21H25N5O2. The van der Waals surface area contributed by atoms with Gasteiger partial charge in [0.1, 0.15) is 0 Å². The molecule has 1 fully saturated rings. The van der Waals surface area contributed by atoms with Crippen LogP contribution in [0.1, 0.15) is 39.2 Å². The molecule has 1 amide bonds. The van der Waals surface area contributed by atoms with Gasteiger partial charge in [0.25, 0.3) is 5.91 Å². The Balaban J connectivity index is 1.52. The van der Waals surface area contributed by atoms with Gasteiger partial charge in [0, 0.05) is 42.7 Å². The molecule has 1 aromatic carbocycles. The molecule has 3 heterocycles.